The van der Waals surface area contributed by atoms with Crippen LogP contribution >= 0.6 is 11.6 Å². The molecule has 2 nitrogen and oxygen atoms in total. The first-order valence-electron chi connectivity index (χ1n) is 5.90. The molecule has 2 atom stereocenters. The lowest BCUT2D eigenvalue weighted by Crippen LogP contribution is -2.20. The highest BCUT2D eigenvalue weighted by Gasteiger charge is 2.22. The van der Waals surface area contributed by atoms with Gasteiger partial charge in [0.15, 0.2) is 0 Å². The second-order valence-corrected chi connectivity index (χ2v) is 4.88. The largest absolute Gasteiger partial charge is 0.381 e. The van der Waals surface area contributed by atoms with Crippen LogP contribution in [0.4, 0.5) is 4.39 Å². The fourth-order valence-electron chi connectivity index (χ4n) is 2.28. The van der Waals surface area contributed by atoms with Crippen molar-refractivity contribution in [3.63, 3.8) is 0 Å². The van der Waals surface area contributed by atoms with Gasteiger partial charge in [0.2, 0.25) is 0 Å². The maximum atomic E-state index is 13.2. The number of rotatable bonds is 4. The molecule has 1 N–H and O–H groups in total. The van der Waals surface area contributed by atoms with Crippen molar-refractivity contribution in [2.45, 2.75) is 18.9 Å². The summed E-state index contributed by atoms with van der Waals surface area (Å²) in [5, 5.41) is 3.82. The SMILES string of the molecule is CNC(CC1CCOC1)c1cc(F)ccc1Cl. The van der Waals surface area contributed by atoms with Crippen molar-refractivity contribution in [2.24, 2.45) is 5.92 Å². The summed E-state index contributed by atoms with van der Waals surface area (Å²) in [7, 11) is 1.88. The number of nitrogens with one attached hydrogen (secondary N) is 1. The molecule has 1 heterocycles. The average Bonchev–Trinajstić information content (AvgIpc) is 2.82. The van der Waals surface area contributed by atoms with E-state index in [4.69, 9.17) is 16.3 Å². The minimum atomic E-state index is -0.243. The molecule has 1 fully saturated rings. The van der Waals surface area contributed by atoms with Crippen molar-refractivity contribution in [3.05, 3.63) is 34.6 Å². The lowest BCUT2D eigenvalue weighted by molar-refractivity contribution is 0.181. The van der Waals surface area contributed by atoms with Gasteiger partial charge in [-0.2, -0.15) is 0 Å². The highest BCUT2D eigenvalue weighted by molar-refractivity contribution is 6.31. The molecule has 0 saturated carbocycles. The van der Waals surface area contributed by atoms with E-state index in [0.29, 0.717) is 10.9 Å². The zero-order chi connectivity index (χ0) is 12.3. The van der Waals surface area contributed by atoms with Crippen molar-refractivity contribution in [3.8, 4) is 0 Å². The Balaban J connectivity index is 2.13. The molecule has 17 heavy (non-hydrogen) atoms. The first-order valence-corrected chi connectivity index (χ1v) is 6.28. The lowest BCUT2D eigenvalue weighted by Gasteiger charge is -2.21. The van der Waals surface area contributed by atoms with Gasteiger partial charge in [0, 0.05) is 24.3 Å². The summed E-state index contributed by atoms with van der Waals surface area (Å²) in [6, 6.07) is 4.60. The summed E-state index contributed by atoms with van der Waals surface area (Å²) < 4.78 is 18.6. The van der Waals surface area contributed by atoms with Crippen LogP contribution < -0.4 is 5.32 Å². The first-order chi connectivity index (χ1) is 8.20. The van der Waals surface area contributed by atoms with Crippen molar-refractivity contribution < 1.29 is 9.13 Å². The summed E-state index contributed by atoms with van der Waals surface area (Å²) in [6.45, 7) is 1.63. The molecular weight excluding hydrogens is 241 g/mol. The average molecular weight is 258 g/mol. The van der Waals surface area contributed by atoms with E-state index in [1.54, 1.807) is 6.07 Å². The van der Waals surface area contributed by atoms with Gasteiger partial charge in [0.05, 0.1) is 0 Å². The molecule has 4 heteroatoms. The number of hydrogen-bond acceptors (Lipinski definition) is 2. The van der Waals surface area contributed by atoms with Gasteiger partial charge in [-0.1, -0.05) is 11.6 Å². The summed E-state index contributed by atoms with van der Waals surface area (Å²) in [6.07, 6.45) is 2.00. The van der Waals surface area contributed by atoms with E-state index < -0.39 is 0 Å². The fraction of sp³-hybridized carbons (Fsp3) is 0.538. The third-order valence-electron chi connectivity index (χ3n) is 3.27. The summed E-state index contributed by atoms with van der Waals surface area (Å²) in [4.78, 5) is 0. The van der Waals surface area contributed by atoms with Gasteiger partial charge in [0.25, 0.3) is 0 Å². The normalized spacial score (nSPS) is 21.7. The number of ether oxygens (including phenoxy) is 1. The maximum absolute atomic E-state index is 13.2. The quantitative estimate of drug-likeness (QED) is 0.895. The van der Waals surface area contributed by atoms with Gasteiger partial charge in [-0.05, 0) is 49.6 Å². The standard InChI is InChI=1S/C13H17ClFNO/c1-16-13(6-9-4-5-17-8-9)11-7-10(15)2-3-12(11)14/h2-3,7,9,13,16H,4-6,8H2,1H3. The van der Waals surface area contributed by atoms with E-state index in [1.165, 1.54) is 12.1 Å². The molecule has 1 aliphatic rings. The number of halogens is 2. The minimum absolute atomic E-state index is 0.0879. The van der Waals surface area contributed by atoms with Gasteiger partial charge < -0.3 is 10.1 Å². The predicted molar refractivity (Wildman–Crippen MR) is 66.8 cm³/mol. The summed E-state index contributed by atoms with van der Waals surface area (Å²) in [5.74, 6) is 0.291. The molecule has 2 rings (SSSR count). The highest BCUT2D eigenvalue weighted by Crippen LogP contribution is 2.30. The van der Waals surface area contributed by atoms with Crippen LogP contribution in [0.3, 0.4) is 0 Å². The van der Waals surface area contributed by atoms with Crippen LogP contribution in [0.15, 0.2) is 18.2 Å². The Bertz CT molecular complexity index is 380. The lowest BCUT2D eigenvalue weighted by atomic mass is 9.94. The van der Waals surface area contributed by atoms with Crippen LogP contribution in [0.25, 0.3) is 0 Å². The molecule has 2 unspecified atom stereocenters. The van der Waals surface area contributed by atoms with Crippen molar-refractivity contribution in [1.82, 2.24) is 5.32 Å². The van der Waals surface area contributed by atoms with Crippen molar-refractivity contribution >= 4 is 11.6 Å². The molecule has 0 bridgehead atoms. The Morgan fingerprint density at radius 2 is 2.41 bits per heavy atom. The van der Waals surface area contributed by atoms with Crippen LogP contribution in [0, 0.1) is 11.7 Å². The molecule has 94 valence electrons. The van der Waals surface area contributed by atoms with Crippen molar-refractivity contribution in [2.75, 3.05) is 20.3 Å². The van der Waals surface area contributed by atoms with E-state index in [1.807, 2.05) is 7.05 Å². The number of benzene rings is 1. The fourth-order valence-corrected chi connectivity index (χ4v) is 2.53. The molecule has 1 aliphatic heterocycles. The van der Waals surface area contributed by atoms with E-state index in [9.17, 15) is 4.39 Å². The molecule has 0 amide bonds. The van der Waals surface area contributed by atoms with Gasteiger partial charge >= 0.3 is 0 Å². The van der Waals surface area contributed by atoms with Crippen molar-refractivity contribution in [1.29, 1.82) is 0 Å². The van der Waals surface area contributed by atoms with Crippen LogP contribution in [0.1, 0.15) is 24.4 Å². The van der Waals surface area contributed by atoms with Crippen LogP contribution in [-0.2, 0) is 4.74 Å². The van der Waals surface area contributed by atoms with Gasteiger partial charge in [-0.15, -0.1) is 0 Å². The monoisotopic (exact) mass is 257 g/mol. The molecule has 0 radical (unpaired) electrons. The van der Waals surface area contributed by atoms with Gasteiger partial charge in [-0.25, -0.2) is 4.39 Å². The molecule has 0 spiro atoms. The number of hydrogen-bond donors (Lipinski definition) is 1. The van der Waals surface area contributed by atoms with Crippen LogP contribution in [0.5, 0.6) is 0 Å². The summed E-state index contributed by atoms with van der Waals surface area (Å²) >= 11 is 6.12. The van der Waals surface area contributed by atoms with E-state index in [2.05, 4.69) is 5.32 Å². The third-order valence-corrected chi connectivity index (χ3v) is 3.62. The molecule has 0 aromatic heterocycles. The third kappa shape index (κ3) is 3.18. The van der Waals surface area contributed by atoms with Crippen LogP contribution in [0.2, 0.25) is 5.02 Å². The van der Waals surface area contributed by atoms with E-state index in [-0.39, 0.29) is 11.9 Å². The zero-order valence-electron chi connectivity index (χ0n) is 9.88. The molecule has 1 aromatic rings. The summed E-state index contributed by atoms with van der Waals surface area (Å²) in [5.41, 5.74) is 0.834. The predicted octanol–water partition coefficient (Wildman–Crippen LogP) is 3.17. The second-order valence-electron chi connectivity index (χ2n) is 4.47. The smallest absolute Gasteiger partial charge is 0.123 e. The molecule has 1 aromatic carbocycles. The highest BCUT2D eigenvalue weighted by atomic mass is 35.5. The Morgan fingerprint density at radius 3 is 3.06 bits per heavy atom. The van der Waals surface area contributed by atoms with E-state index >= 15 is 0 Å². The Kier molecular flexibility index (Phi) is 4.37. The van der Waals surface area contributed by atoms with E-state index in [0.717, 1.165) is 31.6 Å². The topological polar surface area (TPSA) is 21.3 Å². The Labute approximate surface area is 106 Å². The van der Waals surface area contributed by atoms with Crippen LogP contribution in [-0.4, -0.2) is 20.3 Å². The maximum Gasteiger partial charge on any atom is 0.123 e. The first kappa shape index (κ1) is 12.8. The van der Waals surface area contributed by atoms with Gasteiger partial charge in [0.1, 0.15) is 5.82 Å². The molecule has 0 aliphatic carbocycles. The van der Waals surface area contributed by atoms with Gasteiger partial charge in [-0.3, -0.25) is 0 Å². The second kappa shape index (κ2) is 5.80. The molecular formula is C13H17ClFNO. The minimum Gasteiger partial charge on any atom is -0.381 e. The Morgan fingerprint density at radius 1 is 1.59 bits per heavy atom. The Hall–Kier alpha value is -0.640. The molecule has 1 saturated heterocycles. The zero-order valence-corrected chi connectivity index (χ0v) is 10.6.